The molecule has 0 aromatic rings. The van der Waals surface area contributed by atoms with E-state index in [1.165, 1.54) is 6.42 Å². The van der Waals surface area contributed by atoms with Gasteiger partial charge in [-0.05, 0) is 25.7 Å². The number of thiocarbonyl (C=S) groups is 1. The quantitative estimate of drug-likeness (QED) is 0.774. The topological polar surface area (TPSA) is 64.3 Å². The minimum absolute atomic E-state index is 0.0434. The van der Waals surface area contributed by atoms with E-state index in [9.17, 15) is 4.79 Å². The summed E-state index contributed by atoms with van der Waals surface area (Å²) in [6, 6.07) is 0. The molecule has 1 aliphatic carbocycles. The third-order valence-corrected chi connectivity index (χ3v) is 4.88. The highest BCUT2D eigenvalue weighted by Gasteiger charge is 2.40. The summed E-state index contributed by atoms with van der Waals surface area (Å²) in [7, 11) is 0. The van der Waals surface area contributed by atoms with E-state index in [0.29, 0.717) is 11.6 Å². The van der Waals surface area contributed by atoms with Crippen LogP contribution in [0.3, 0.4) is 0 Å². The minimum atomic E-state index is -0.453. The molecule has 0 aromatic carbocycles. The lowest BCUT2D eigenvalue weighted by atomic mass is 9.81. The Hall–Kier alpha value is -0.680. The molecule has 0 radical (unpaired) electrons. The number of carbonyl (C=O) groups is 1. The number of ether oxygens (including phenoxy) is 1. The second kappa shape index (κ2) is 6.18. The molecule has 108 valence electrons. The van der Waals surface area contributed by atoms with E-state index in [-0.39, 0.29) is 17.9 Å². The summed E-state index contributed by atoms with van der Waals surface area (Å²) in [5.41, 5.74) is 5.45. The van der Waals surface area contributed by atoms with Gasteiger partial charge < -0.3 is 15.8 Å². The van der Waals surface area contributed by atoms with Crippen molar-refractivity contribution in [1.29, 1.82) is 0 Å². The fraction of sp³-hybridized carbons (Fsp3) is 0.857. The molecule has 5 heteroatoms. The van der Waals surface area contributed by atoms with Crippen molar-refractivity contribution in [2.24, 2.45) is 11.7 Å². The summed E-state index contributed by atoms with van der Waals surface area (Å²) < 4.78 is 5.59. The Kier molecular flexibility index (Phi) is 4.79. The smallest absolute Gasteiger partial charge is 0.226 e. The van der Waals surface area contributed by atoms with Crippen LogP contribution in [0.5, 0.6) is 0 Å². The minimum Gasteiger partial charge on any atom is -0.391 e. The average Bonchev–Trinajstić information content (AvgIpc) is 2.88. The van der Waals surface area contributed by atoms with Crippen molar-refractivity contribution in [3.63, 3.8) is 0 Å². The number of hydrogen-bond donors (Lipinski definition) is 2. The molecule has 2 atom stereocenters. The third kappa shape index (κ3) is 3.08. The number of carbonyl (C=O) groups excluding carboxylic acids is 1. The zero-order valence-electron chi connectivity index (χ0n) is 11.6. The van der Waals surface area contributed by atoms with Crippen molar-refractivity contribution in [3.05, 3.63) is 0 Å². The third-order valence-electron chi connectivity index (χ3n) is 4.49. The molecule has 1 aliphatic heterocycles. The fourth-order valence-electron chi connectivity index (χ4n) is 3.27. The molecule has 0 spiro atoms. The highest BCUT2D eigenvalue weighted by atomic mass is 32.1. The van der Waals surface area contributed by atoms with Crippen molar-refractivity contribution in [2.75, 3.05) is 6.61 Å². The zero-order valence-corrected chi connectivity index (χ0v) is 12.4. The highest BCUT2D eigenvalue weighted by Crippen LogP contribution is 2.31. The SMILES string of the molecule is CCC1OCCC1C(=O)NC1(C(N)=S)CCCCC1. The van der Waals surface area contributed by atoms with Gasteiger partial charge in [0.2, 0.25) is 5.91 Å². The van der Waals surface area contributed by atoms with Gasteiger partial charge in [0.25, 0.3) is 0 Å². The van der Waals surface area contributed by atoms with E-state index >= 15 is 0 Å². The van der Waals surface area contributed by atoms with Crippen LogP contribution < -0.4 is 11.1 Å². The Labute approximate surface area is 120 Å². The van der Waals surface area contributed by atoms with E-state index in [1.54, 1.807) is 0 Å². The van der Waals surface area contributed by atoms with Crippen LogP contribution in [0.2, 0.25) is 0 Å². The van der Waals surface area contributed by atoms with Crippen LogP contribution in [0.1, 0.15) is 51.9 Å². The predicted octanol–water partition coefficient (Wildman–Crippen LogP) is 1.91. The van der Waals surface area contributed by atoms with Gasteiger partial charge >= 0.3 is 0 Å². The van der Waals surface area contributed by atoms with Gasteiger partial charge in [0.15, 0.2) is 0 Å². The number of nitrogens with two attached hydrogens (primary N) is 1. The van der Waals surface area contributed by atoms with Crippen molar-refractivity contribution in [2.45, 2.75) is 63.5 Å². The Bertz CT molecular complexity index is 353. The van der Waals surface area contributed by atoms with Crippen LogP contribution in [0.15, 0.2) is 0 Å². The van der Waals surface area contributed by atoms with Gasteiger partial charge in [-0.25, -0.2) is 0 Å². The molecule has 4 nitrogen and oxygen atoms in total. The molecular weight excluding hydrogens is 260 g/mol. The molecule has 1 heterocycles. The van der Waals surface area contributed by atoms with Crippen molar-refractivity contribution >= 4 is 23.1 Å². The van der Waals surface area contributed by atoms with Crippen LogP contribution in [0.25, 0.3) is 0 Å². The van der Waals surface area contributed by atoms with Gasteiger partial charge in [0.1, 0.15) is 0 Å². The van der Waals surface area contributed by atoms with Crippen molar-refractivity contribution in [3.8, 4) is 0 Å². The van der Waals surface area contributed by atoms with Gasteiger partial charge in [0.05, 0.1) is 22.5 Å². The Morgan fingerprint density at radius 1 is 1.42 bits per heavy atom. The number of amides is 1. The number of rotatable bonds is 4. The summed E-state index contributed by atoms with van der Waals surface area (Å²) in [6.07, 6.45) is 6.83. The van der Waals surface area contributed by atoms with Crippen LogP contribution in [-0.4, -0.2) is 29.1 Å². The maximum absolute atomic E-state index is 12.5. The van der Waals surface area contributed by atoms with Gasteiger partial charge in [-0.2, -0.15) is 0 Å². The highest BCUT2D eigenvalue weighted by molar-refractivity contribution is 7.80. The van der Waals surface area contributed by atoms with Crippen LogP contribution in [-0.2, 0) is 9.53 Å². The lowest BCUT2D eigenvalue weighted by Gasteiger charge is -2.38. The maximum atomic E-state index is 12.5. The van der Waals surface area contributed by atoms with Gasteiger partial charge in [-0.15, -0.1) is 0 Å². The van der Waals surface area contributed by atoms with Crippen LogP contribution in [0, 0.1) is 5.92 Å². The second-order valence-corrected chi connectivity index (χ2v) is 6.15. The van der Waals surface area contributed by atoms with E-state index < -0.39 is 5.54 Å². The second-order valence-electron chi connectivity index (χ2n) is 5.71. The normalized spacial score (nSPS) is 29.9. The summed E-state index contributed by atoms with van der Waals surface area (Å²) in [4.78, 5) is 12.9. The Morgan fingerprint density at radius 2 is 2.11 bits per heavy atom. The summed E-state index contributed by atoms with van der Waals surface area (Å²) >= 11 is 5.21. The lowest BCUT2D eigenvalue weighted by molar-refractivity contribution is -0.128. The van der Waals surface area contributed by atoms with Crippen LogP contribution >= 0.6 is 12.2 Å². The van der Waals surface area contributed by atoms with Crippen LogP contribution in [0.4, 0.5) is 0 Å². The molecule has 2 aliphatic rings. The summed E-state index contributed by atoms with van der Waals surface area (Å²) in [5, 5.41) is 3.15. The fourth-order valence-corrected chi connectivity index (χ4v) is 3.52. The standard InChI is InChI=1S/C14H24N2O2S/c1-2-11-10(6-9-18-11)12(17)16-14(13(15)19)7-4-3-5-8-14/h10-11H,2-9H2,1H3,(H2,15,19)(H,16,17). The molecular formula is C14H24N2O2S. The van der Waals surface area contributed by atoms with E-state index in [2.05, 4.69) is 12.2 Å². The van der Waals surface area contributed by atoms with Gasteiger partial charge in [0, 0.05) is 6.61 Å². The molecule has 3 N–H and O–H groups in total. The molecule has 0 aromatic heterocycles. The van der Waals surface area contributed by atoms with E-state index in [1.807, 2.05) is 0 Å². The lowest BCUT2D eigenvalue weighted by Crippen LogP contribution is -2.59. The van der Waals surface area contributed by atoms with Gasteiger partial charge in [-0.1, -0.05) is 38.4 Å². The molecule has 1 saturated carbocycles. The van der Waals surface area contributed by atoms with E-state index in [0.717, 1.165) is 38.5 Å². The first-order chi connectivity index (χ1) is 9.09. The molecule has 19 heavy (non-hydrogen) atoms. The Morgan fingerprint density at radius 3 is 2.68 bits per heavy atom. The molecule has 2 fully saturated rings. The molecule has 1 amide bonds. The summed E-state index contributed by atoms with van der Waals surface area (Å²) in [6.45, 7) is 2.73. The number of nitrogens with one attached hydrogen (secondary N) is 1. The first kappa shape index (κ1) is 14.7. The van der Waals surface area contributed by atoms with Crippen molar-refractivity contribution in [1.82, 2.24) is 5.32 Å². The largest absolute Gasteiger partial charge is 0.391 e. The molecule has 2 rings (SSSR count). The predicted molar refractivity (Wildman–Crippen MR) is 78.9 cm³/mol. The summed E-state index contributed by atoms with van der Waals surface area (Å²) in [5.74, 6) is 0.0252. The molecule has 2 unspecified atom stereocenters. The zero-order chi connectivity index (χ0) is 13.9. The average molecular weight is 284 g/mol. The molecule has 1 saturated heterocycles. The van der Waals surface area contributed by atoms with Crippen molar-refractivity contribution < 1.29 is 9.53 Å². The maximum Gasteiger partial charge on any atom is 0.226 e. The van der Waals surface area contributed by atoms with Gasteiger partial charge in [-0.3, -0.25) is 4.79 Å². The molecule has 0 bridgehead atoms. The monoisotopic (exact) mass is 284 g/mol. The first-order valence-corrected chi connectivity index (χ1v) is 7.73. The Balaban J connectivity index is 2.04. The van der Waals surface area contributed by atoms with E-state index in [4.69, 9.17) is 22.7 Å². The number of hydrogen-bond acceptors (Lipinski definition) is 3. The first-order valence-electron chi connectivity index (χ1n) is 7.32.